The number of benzene rings is 6. The molecule has 0 saturated carbocycles. The molecule has 3 aromatic heterocycles. The summed E-state index contributed by atoms with van der Waals surface area (Å²) in [5, 5.41) is 8.56. The van der Waals surface area contributed by atoms with Crippen molar-refractivity contribution in [2.45, 2.75) is 0 Å². The second kappa shape index (κ2) is 8.22. The number of thiophene rings is 1. The lowest BCUT2D eigenvalue weighted by Crippen LogP contribution is -2.03. The Morgan fingerprint density at radius 3 is 1.95 bits per heavy atom. The zero-order chi connectivity index (χ0) is 26.2. The van der Waals surface area contributed by atoms with Crippen LogP contribution in [0.15, 0.2) is 127 Å². The van der Waals surface area contributed by atoms with E-state index in [-0.39, 0.29) is 0 Å². The van der Waals surface area contributed by atoms with Crippen LogP contribution >= 0.6 is 11.3 Å². The predicted molar refractivity (Wildman–Crippen MR) is 170 cm³/mol. The molecule has 9 rings (SSSR count). The zero-order valence-corrected chi connectivity index (χ0v) is 22.2. The minimum atomic E-state index is 0.688. The molecule has 0 spiro atoms. The average Bonchev–Trinajstić information content (AvgIpc) is 3.57. The van der Waals surface area contributed by atoms with Crippen molar-refractivity contribution in [1.82, 2.24) is 14.5 Å². The first-order chi connectivity index (χ1) is 19.8. The molecule has 0 aliphatic heterocycles. The van der Waals surface area contributed by atoms with Gasteiger partial charge in [0.2, 0.25) is 5.95 Å². The molecule has 0 amide bonds. The van der Waals surface area contributed by atoms with Crippen LogP contribution in [0.4, 0.5) is 0 Å². The third-order valence-corrected chi connectivity index (χ3v) is 9.23. The van der Waals surface area contributed by atoms with Gasteiger partial charge in [-0.15, -0.1) is 11.3 Å². The van der Waals surface area contributed by atoms with Crippen LogP contribution in [0.1, 0.15) is 0 Å². The summed E-state index contributed by atoms with van der Waals surface area (Å²) in [4.78, 5) is 10.4. The molecule has 0 bridgehead atoms. The van der Waals surface area contributed by atoms with Crippen LogP contribution in [0.3, 0.4) is 0 Å². The summed E-state index contributed by atoms with van der Waals surface area (Å²) in [7, 11) is 0. The molecule has 0 radical (unpaired) electrons. The number of fused-ring (bicyclic) bond motifs is 10. The van der Waals surface area contributed by atoms with Crippen molar-refractivity contribution in [1.29, 1.82) is 0 Å². The quantitative estimate of drug-likeness (QED) is 0.224. The average molecular weight is 528 g/mol. The van der Waals surface area contributed by atoms with Crippen molar-refractivity contribution < 1.29 is 0 Å². The van der Waals surface area contributed by atoms with Crippen LogP contribution in [-0.4, -0.2) is 14.5 Å². The van der Waals surface area contributed by atoms with Crippen molar-refractivity contribution in [3.63, 3.8) is 0 Å². The van der Waals surface area contributed by atoms with Gasteiger partial charge in [0.25, 0.3) is 0 Å². The highest BCUT2D eigenvalue weighted by atomic mass is 32.1. The van der Waals surface area contributed by atoms with Gasteiger partial charge >= 0.3 is 0 Å². The van der Waals surface area contributed by atoms with E-state index in [4.69, 9.17) is 9.97 Å². The normalized spacial score (nSPS) is 12.0. The summed E-state index contributed by atoms with van der Waals surface area (Å²) in [6.45, 7) is 0. The fraction of sp³-hybridized carbons (Fsp3) is 0. The van der Waals surface area contributed by atoms with Gasteiger partial charge in [-0.3, -0.25) is 4.57 Å². The Morgan fingerprint density at radius 1 is 0.475 bits per heavy atom. The fourth-order valence-corrected chi connectivity index (χ4v) is 7.47. The number of hydrogen-bond acceptors (Lipinski definition) is 3. The second-order valence-corrected chi connectivity index (χ2v) is 11.3. The fourth-order valence-electron chi connectivity index (χ4n) is 6.24. The van der Waals surface area contributed by atoms with E-state index < -0.39 is 0 Å². The molecular formula is C36H21N3S. The zero-order valence-electron chi connectivity index (χ0n) is 21.4. The molecule has 0 N–H and O–H groups in total. The number of nitrogens with zero attached hydrogens (tertiary/aromatic N) is 3. The molecule has 0 fully saturated rings. The van der Waals surface area contributed by atoms with Crippen LogP contribution in [0.25, 0.3) is 80.9 Å². The van der Waals surface area contributed by atoms with E-state index in [2.05, 4.69) is 120 Å². The van der Waals surface area contributed by atoms with Crippen molar-refractivity contribution in [3.8, 4) is 17.2 Å². The van der Waals surface area contributed by atoms with Gasteiger partial charge < -0.3 is 0 Å². The third-order valence-electron chi connectivity index (χ3n) is 8.01. The molecule has 6 aromatic carbocycles. The van der Waals surface area contributed by atoms with E-state index in [1.54, 1.807) is 0 Å². The van der Waals surface area contributed by atoms with Crippen LogP contribution in [0.5, 0.6) is 0 Å². The van der Waals surface area contributed by atoms with Crippen molar-refractivity contribution >= 4 is 75.0 Å². The van der Waals surface area contributed by atoms with Gasteiger partial charge in [-0.05, 0) is 18.2 Å². The summed E-state index contributed by atoms with van der Waals surface area (Å²) < 4.78 is 4.91. The van der Waals surface area contributed by atoms with Crippen LogP contribution < -0.4 is 0 Å². The topological polar surface area (TPSA) is 30.7 Å². The van der Waals surface area contributed by atoms with Crippen LogP contribution in [0, 0.1) is 0 Å². The van der Waals surface area contributed by atoms with Crippen LogP contribution in [-0.2, 0) is 0 Å². The molecule has 0 aliphatic rings. The molecule has 3 heterocycles. The number of aromatic nitrogens is 3. The summed E-state index contributed by atoms with van der Waals surface area (Å²) >= 11 is 1.87. The van der Waals surface area contributed by atoms with Crippen molar-refractivity contribution in [3.05, 3.63) is 127 Å². The van der Waals surface area contributed by atoms with Gasteiger partial charge in [0.05, 0.1) is 22.2 Å². The highest BCUT2D eigenvalue weighted by Gasteiger charge is 2.20. The second-order valence-electron chi connectivity index (χ2n) is 10.2. The monoisotopic (exact) mass is 527 g/mol. The minimum absolute atomic E-state index is 0.688. The van der Waals surface area contributed by atoms with Gasteiger partial charge in [-0.1, -0.05) is 109 Å². The molecule has 186 valence electrons. The Hall–Kier alpha value is -5.06. The molecular weight excluding hydrogens is 506 g/mol. The first-order valence-corrected chi connectivity index (χ1v) is 14.3. The van der Waals surface area contributed by atoms with Gasteiger partial charge in [-0.25, -0.2) is 9.97 Å². The Labute approximate surface area is 233 Å². The largest absolute Gasteiger partial charge is 0.277 e. The molecule has 40 heavy (non-hydrogen) atoms. The van der Waals surface area contributed by atoms with Crippen LogP contribution in [0.2, 0.25) is 0 Å². The standard InChI is InChI=1S/C36H21N3S/c1-2-10-22(11-3-1)33-29-14-4-7-15-30(29)37-36(38-33)39-31-16-8-5-12-23(31)25-18-21-28-26(34(25)39)19-20-27-24-13-6-9-17-32(24)40-35(27)28/h1-21H. The highest BCUT2D eigenvalue weighted by molar-refractivity contribution is 7.26. The molecule has 0 atom stereocenters. The summed E-state index contributed by atoms with van der Waals surface area (Å²) in [5.74, 6) is 0.688. The van der Waals surface area contributed by atoms with Crippen molar-refractivity contribution in [2.24, 2.45) is 0 Å². The van der Waals surface area contributed by atoms with Gasteiger partial charge in [-0.2, -0.15) is 0 Å². The maximum Gasteiger partial charge on any atom is 0.235 e. The van der Waals surface area contributed by atoms with Gasteiger partial charge in [0.15, 0.2) is 0 Å². The molecule has 3 nitrogen and oxygen atoms in total. The van der Waals surface area contributed by atoms with E-state index in [9.17, 15) is 0 Å². The van der Waals surface area contributed by atoms with E-state index in [1.165, 1.54) is 41.7 Å². The summed E-state index contributed by atoms with van der Waals surface area (Å²) in [6, 6.07) is 45.2. The Bertz CT molecular complexity index is 2430. The number of rotatable bonds is 2. The van der Waals surface area contributed by atoms with E-state index >= 15 is 0 Å². The van der Waals surface area contributed by atoms with E-state index in [1.807, 2.05) is 23.5 Å². The Balaban J connectivity index is 1.45. The molecule has 0 unspecified atom stereocenters. The molecule has 0 saturated heterocycles. The lowest BCUT2D eigenvalue weighted by atomic mass is 10.0. The number of hydrogen-bond donors (Lipinski definition) is 0. The molecule has 9 aromatic rings. The van der Waals surface area contributed by atoms with E-state index in [0.717, 1.165) is 33.2 Å². The molecule has 4 heteroatoms. The predicted octanol–water partition coefficient (Wildman–Crippen LogP) is 9.91. The SMILES string of the molecule is c1ccc(-c2nc(-n3c4ccccc4c4ccc5c(ccc6c7ccccc7sc65)c43)nc3ccccc23)cc1. The van der Waals surface area contributed by atoms with Crippen molar-refractivity contribution in [2.75, 3.05) is 0 Å². The first-order valence-electron chi connectivity index (χ1n) is 13.4. The summed E-state index contributed by atoms with van der Waals surface area (Å²) in [6.07, 6.45) is 0. The smallest absolute Gasteiger partial charge is 0.235 e. The minimum Gasteiger partial charge on any atom is -0.277 e. The lowest BCUT2D eigenvalue weighted by molar-refractivity contribution is 1.02. The Kier molecular flexibility index (Phi) is 4.48. The summed E-state index contributed by atoms with van der Waals surface area (Å²) in [5.41, 5.74) is 5.21. The highest BCUT2D eigenvalue weighted by Crippen LogP contribution is 2.43. The van der Waals surface area contributed by atoms with Gasteiger partial charge in [0, 0.05) is 52.7 Å². The van der Waals surface area contributed by atoms with Gasteiger partial charge in [0.1, 0.15) is 0 Å². The van der Waals surface area contributed by atoms with E-state index in [0.29, 0.717) is 5.95 Å². The molecule has 0 aliphatic carbocycles. The maximum absolute atomic E-state index is 5.27. The third kappa shape index (κ3) is 2.99. The maximum atomic E-state index is 5.27. The lowest BCUT2D eigenvalue weighted by Gasteiger charge is -2.12. The Morgan fingerprint density at radius 2 is 1.10 bits per heavy atom. The number of para-hydroxylation sites is 2. The first kappa shape index (κ1) is 21.8.